The smallest absolute Gasteiger partial charge is 0.348 e. The van der Waals surface area contributed by atoms with Crippen LogP contribution in [0.1, 0.15) is 11.1 Å². The molecule has 2 aromatic rings. The third kappa shape index (κ3) is 2.96. The number of aryl methyl sites for hydroxylation is 1. The number of hydrogen-bond donors (Lipinski definition) is 1. The van der Waals surface area contributed by atoms with E-state index >= 15 is 0 Å². The summed E-state index contributed by atoms with van der Waals surface area (Å²) in [4.78, 5) is 1.29. The van der Waals surface area contributed by atoms with Crippen LogP contribution in [0.3, 0.4) is 0 Å². The van der Waals surface area contributed by atoms with Crippen LogP contribution in [0.4, 0.5) is 19.1 Å². The van der Waals surface area contributed by atoms with Gasteiger partial charge in [-0.3, -0.25) is 0 Å². The minimum absolute atomic E-state index is 0.331. The van der Waals surface area contributed by atoms with Gasteiger partial charge in [0.15, 0.2) is 0 Å². The molecular formula is C10H10F3N5. The molecule has 1 heterocycles. The number of rotatable bonds is 3. The van der Waals surface area contributed by atoms with Crippen molar-refractivity contribution >= 4 is 5.95 Å². The molecule has 1 aromatic carbocycles. The number of nitrogens with zero attached hydrogens (tertiary/aromatic N) is 4. The first-order valence-electron chi connectivity index (χ1n) is 5.09. The monoisotopic (exact) mass is 257 g/mol. The van der Waals surface area contributed by atoms with E-state index in [1.54, 1.807) is 7.05 Å². The summed E-state index contributed by atoms with van der Waals surface area (Å²) in [7, 11) is 1.62. The lowest BCUT2D eigenvalue weighted by atomic mass is 10.1. The van der Waals surface area contributed by atoms with Gasteiger partial charge in [0.2, 0.25) is 0 Å². The lowest BCUT2D eigenvalue weighted by Crippen LogP contribution is -2.06. The van der Waals surface area contributed by atoms with Gasteiger partial charge in [0.05, 0.1) is 12.6 Å². The Kier molecular flexibility index (Phi) is 3.17. The van der Waals surface area contributed by atoms with Crippen molar-refractivity contribution < 1.29 is 13.2 Å². The van der Waals surface area contributed by atoms with Crippen molar-refractivity contribution in [2.24, 2.45) is 7.05 Å². The molecule has 5 nitrogen and oxygen atoms in total. The maximum atomic E-state index is 12.3. The SMILES string of the molecule is Cn1nnc(NCc2ccc(C(F)(F)F)cc2)n1. The van der Waals surface area contributed by atoms with E-state index in [0.29, 0.717) is 18.1 Å². The molecule has 0 amide bonds. The molecule has 0 fully saturated rings. The zero-order valence-electron chi connectivity index (χ0n) is 9.44. The molecular weight excluding hydrogens is 247 g/mol. The Bertz CT molecular complexity index is 517. The van der Waals surface area contributed by atoms with Gasteiger partial charge in [-0.15, -0.1) is 5.10 Å². The van der Waals surface area contributed by atoms with Crippen LogP contribution in [0.2, 0.25) is 0 Å². The Morgan fingerprint density at radius 1 is 1.22 bits per heavy atom. The predicted molar refractivity (Wildman–Crippen MR) is 57.6 cm³/mol. The zero-order valence-corrected chi connectivity index (χ0v) is 9.44. The summed E-state index contributed by atoms with van der Waals surface area (Å²) in [5.74, 6) is 0.331. The van der Waals surface area contributed by atoms with Crippen LogP contribution in [0.5, 0.6) is 0 Å². The summed E-state index contributed by atoms with van der Waals surface area (Å²) >= 11 is 0. The summed E-state index contributed by atoms with van der Waals surface area (Å²) in [6, 6.07) is 4.90. The molecule has 0 aliphatic rings. The highest BCUT2D eigenvalue weighted by atomic mass is 19.4. The van der Waals surface area contributed by atoms with Crippen molar-refractivity contribution in [1.29, 1.82) is 0 Å². The molecule has 0 spiro atoms. The molecule has 0 saturated carbocycles. The van der Waals surface area contributed by atoms with Gasteiger partial charge in [-0.2, -0.15) is 18.0 Å². The fraction of sp³-hybridized carbons (Fsp3) is 0.300. The van der Waals surface area contributed by atoms with Crippen molar-refractivity contribution in [3.05, 3.63) is 35.4 Å². The fourth-order valence-corrected chi connectivity index (χ4v) is 1.35. The van der Waals surface area contributed by atoms with Crippen molar-refractivity contribution in [2.45, 2.75) is 12.7 Å². The van der Waals surface area contributed by atoms with E-state index < -0.39 is 11.7 Å². The normalized spacial score (nSPS) is 11.6. The van der Waals surface area contributed by atoms with Gasteiger partial charge in [-0.1, -0.05) is 17.2 Å². The van der Waals surface area contributed by atoms with Crippen LogP contribution in [0.25, 0.3) is 0 Å². The molecule has 0 saturated heterocycles. The van der Waals surface area contributed by atoms with E-state index in [9.17, 15) is 13.2 Å². The third-order valence-corrected chi connectivity index (χ3v) is 2.24. The van der Waals surface area contributed by atoms with E-state index in [0.717, 1.165) is 12.1 Å². The average molecular weight is 257 g/mol. The van der Waals surface area contributed by atoms with Crippen molar-refractivity contribution in [3.63, 3.8) is 0 Å². The van der Waals surface area contributed by atoms with Crippen molar-refractivity contribution in [1.82, 2.24) is 20.2 Å². The molecule has 0 atom stereocenters. The molecule has 0 bridgehead atoms. The van der Waals surface area contributed by atoms with E-state index in [-0.39, 0.29) is 0 Å². The quantitative estimate of drug-likeness (QED) is 0.911. The molecule has 8 heteroatoms. The van der Waals surface area contributed by atoms with E-state index in [4.69, 9.17) is 0 Å². The van der Waals surface area contributed by atoms with Crippen LogP contribution in [0, 0.1) is 0 Å². The first-order valence-corrected chi connectivity index (χ1v) is 5.09. The Balaban J connectivity index is 1.98. The number of halogens is 3. The zero-order chi connectivity index (χ0) is 13.2. The summed E-state index contributed by atoms with van der Waals surface area (Å²) in [6.45, 7) is 0.337. The number of anilines is 1. The molecule has 0 aliphatic carbocycles. The second-order valence-electron chi connectivity index (χ2n) is 3.65. The lowest BCUT2D eigenvalue weighted by molar-refractivity contribution is -0.137. The van der Waals surface area contributed by atoms with Gasteiger partial charge in [-0.25, -0.2) is 0 Å². The topological polar surface area (TPSA) is 55.6 Å². The van der Waals surface area contributed by atoms with Crippen molar-refractivity contribution in [2.75, 3.05) is 5.32 Å². The third-order valence-electron chi connectivity index (χ3n) is 2.24. The van der Waals surface area contributed by atoms with E-state index in [1.165, 1.54) is 16.9 Å². The Labute approximate surface area is 101 Å². The van der Waals surface area contributed by atoms with Gasteiger partial charge < -0.3 is 5.32 Å². The molecule has 0 radical (unpaired) electrons. The Morgan fingerprint density at radius 2 is 1.89 bits per heavy atom. The molecule has 0 aliphatic heterocycles. The molecule has 1 aromatic heterocycles. The number of benzene rings is 1. The second kappa shape index (κ2) is 4.63. The van der Waals surface area contributed by atoms with Gasteiger partial charge in [0.25, 0.3) is 5.95 Å². The average Bonchev–Trinajstić information content (AvgIpc) is 2.72. The molecule has 18 heavy (non-hydrogen) atoms. The Morgan fingerprint density at radius 3 is 2.39 bits per heavy atom. The highest BCUT2D eigenvalue weighted by Gasteiger charge is 2.29. The molecule has 96 valence electrons. The summed E-state index contributed by atoms with van der Waals surface area (Å²) in [6.07, 6.45) is -4.31. The van der Waals surface area contributed by atoms with Gasteiger partial charge >= 0.3 is 6.18 Å². The summed E-state index contributed by atoms with van der Waals surface area (Å²) in [5, 5.41) is 14.1. The van der Waals surface area contributed by atoms with E-state index in [1.807, 2.05) is 0 Å². The van der Waals surface area contributed by atoms with Crippen molar-refractivity contribution in [3.8, 4) is 0 Å². The minimum atomic E-state index is -4.31. The van der Waals surface area contributed by atoms with Crippen LogP contribution < -0.4 is 5.32 Å². The highest BCUT2D eigenvalue weighted by molar-refractivity contribution is 5.28. The second-order valence-corrected chi connectivity index (χ2v) is 3.65. The lowest BCUT2D eigenvalue weighted by Gasteiger charge is -2.07. The summed E-state index contributed by atoms with van der Waals surface area (Å²) in [5.41, 5.74) is 0.0410. The fourth-order valence-electron chi connectivity index (χ4n) is 1.35. The number of tetrazole rings is 1. The first-order chi connectivity index (χ1) is 8.45. The van der Waals surface area contributed by atoms with Gasteiger partial charge in [0, 0.05) is 6.54 Å². The van der Waals surface area contributed by atoms with Crippen LogP contribution in [-0.2, 0) is 19.8 Å². The van der Waals surface area contributed by atoms with Crippen LogP contribution in [0.15, 0.2) is 24.3 Å². The first kappa shape index (κ1) is 12.3. The molecule has 1 N–H and O–H groups in total. The van der Waals surface area contributed by atoms with Crippen LogP contribution in [-0.4, -0.2) is 20.2 Å². The highest BCUT2D eigenvalue weighted by Crippen LogP contribution is 2.29. The minimum Gasteiger partial charge on any atom is -0.348 e. The van der Waals surface area contributed by atoms with Gasteiger partial charge in [-0.05, 0) is 22.9 Å². The standard InChI is InChI=1S/C10H10F3N5/c1-18-16-9(15-17-18)14-6-7-2-4-8(5-3-7)10(11,12)13/h2-5H,6H2,1H3,(H,14,16). The number of hydrogen-bond acceptors (Lipinski definition) is 4. The molecule has 2 rings (SSSR count). The summed E-state index contributed by atoms with van der Waals surface area (Å²) < 4.78 is 37.0. The maximum Gasteiger partial charge on any atom is 0.416 e. The largest absolute Gasteiger partial charge is 0.416 e. The van der Waals surface area contributed by atoms with E-state index in [2.05, 4.69) is 20.7 Å². The number of alkyl halides is 3. The van der Waals surface area contributed by atoms with Crippen LogP contribution >= 0.6 is 0 Å². The number of nitrogens with one attached hydrogen (secondary N) is 1. The maximum absolute atomic E-state index is 12.3. The molecule has 0 unspecified atom stereocenters. The number of aromatic nitrogens is 4. The van der Waals surface area contributed by atoms with Gasteiger partial charge in [0.1, 0.15) is 0 Å². The Hall–Kier alpha value is -2.12. The predicted octanol–water partition coefficient (Wildman–Crippen LogP) is 1.84.